The summed E-state index contributed by atoms with van der Waals surface area (Å²) in [6.45, 7) is 0.504. The fourth-order valence-electron chi connectivity index (χ4n) is 1.47. The lowest BCUT2D eigenvalue weighted by molar-refractivity contribution is -0.119. The van der Waals surface area contributed by atoms with Crippen LogP contribution in [0.25, 0.3) is 0 Å². The zero-order valence-electron chi connectivity index (χ0n) is 8.07. The van der Waals surface area contributed by atoms with E-state index in [1.165, 1.54) is 0 Å². The van der Waals surface area contributed by atoms with Gasteiger partial charge in [0.25, 0.3) is 0 Å². The van der Waals surface area contributed by atoms with Crippen LogP contribution in [0.4, 0.5) is 0 Å². The lowest BCUT2D eigenvalue weighted by atomic mass is 10.2. The summed E-state index contributed by atoms with van der Waals surface area (Å²) in [4.78, 5) is 14.9. The summed E-state index contributed by atoms with van der Waals surface area (Å²) in [6, 6.07) is 1.99. The molecule has 4 nitrogen and oxygen atoms in total. The first-order valence-electron chi connectivity index (χ1n) is 4.77. The highest BCUT2D eigenvalue weighted by molar-refractivity contribution is 9.10. The number of pyridine rings is 1. The van der Waals surface area contributed by atoms with Crippen LogP contribution >= 0.6 is 15.9 Å². The van der Waals surface area contributed by atoms with Crippen LogP contribution < -0.4 is 10.1 Å². The molecule has 0 bridgehead atoms. The molecule has 1 aromatic heterocycles. The molecule has 0 aromatic carbocycles. The van der Waals surface area contributed by atoms with Gasteiger partial charge in [-0.1, -0.05) is 0 Å². The van der Waals surface area contributed by atoms with Crippen molar-refractivity contribution in [3.8, 4) is 5.75 Å². The van der Waals surface area contributed by atoms with Gasteiger partial charge in [-0.25, -0.2) is 0 Å². The van der Waals surface area contributed by atoms with Crippen LogP contribution in [0.5, 0.6) is 5.75 Å². The Bertz CT molecular complexity index is 370. The smallest absolute Gasteiger partial charge is 0.220 e. The molecule has 1 amide bonds. The zero-order chi connectivity index (χ0) is 10.7. The van der Waals surface area contributed by atoms with Gasteiger partial charge in [0.1, 0.15) is 12.4 Å². The molecule has 1 atom stereocenters. The number of hydrogen-bond acceptors (Lipinski definition) is 3. The first kappa shape index (κ1) is 10.4. The molecule has 1 saturated heterocycles. The van der Waals surface area contributed by atoms with Crippen LogP contribution in [0.1, 0.15) is 12.8 Å². The molecule has 0 aliphatic carbocycles. The molecule has 0 radical (unpaired) electrons. The van der Waals surface area contributed by atoms with E-state index in [9.17, 15) is 4.79 Å². The topological polar surface area (TPSA) is 51.2 Å². The van der Waals surface area contributed by atoms with Crippen LogP contribution in [0.3, 0.4) is 0 Å². The maximum Gasteiger partial charge on any atom is 0.220 e. The number of carbonyl (C=O) groups excluding carboxylic acids is 1. The van der Waals surface area contributed by atoms with Crippen molar-refractivity contribution >= 4 is 21.8 Å². The fourth-order valence-corrected chi connectivity index (χ4v) is 1.81. The molecule has 1 unspecified atom stereocenters. The van der Waals surface area contributed by atoms with Gasteiger partial charge in [0.05, 0.1) is 12.2 Å². The molecular weight excluding hydrogens is 260 g/mol. The standard InChI is InChI=1S/C10H11BrN2O2/c11-7-3-9(5-12-4-7)15-6-8-1-2-10(14)13-8/h3-5,8H,1-2,6H2,(H,13,14). The second-order valence-corrected chi connectivity index (χ2v) is 4.37. The van der Waals surface area contributed by atoms with Gasteiger partial charge >= 0.3 is 0 Å². The van der Waals surface area contributed by atoms with Gasteiger partial charge in [0.2, 0.25) is 5.91 Å². The quantitative estimate of drug-likeness (QED) is 0.906. The molecule has 1 aliphatic heterocycles. The van der Waals surface area contributed by atoms with Crippen LogP contribution in [-0.2, 0) is 4.79 Å². The van der Waals surface area contributed by atoms with Crippen molar-refractivity contribution in [2.45, 2.75) is 18.9 Å². The minimum absolute atomic E-state index is 0.107. The maximum atomic E-state index is 10.9. The summed E-state index contributed by atoms with van der Waals surface area (Å²) in [5.74, 6) is 0.821. The Labute approximate surface area is 96.2 Å². The van der Waals surface area contributed by atoms with Crippen LogP contribution in [0.2, 0.25) is 0 Å². The van der Waals surface area contributed by atoms with Gasteiger partial charge < -0.3 is 10.1 Å². The van der Waals surface area contributed by atoms with E-state index in [1.54, 1.807) is 12.4 Å². The van der Waals surface area contributed by atoms with Crippen molar-refractivity contribution in [2.24, 2.45) is 0 Å². The van der Waals surface area contributed by atoms with Gasteiger partial charge in [-0.2, -0.15) is 0 Å². The molecule has 1 fully saturated rings. The summed E-state index contributed by atoms with van der Waals surface area (Å²) < 4.78 is 6.40. The molecule has 1 aromatic rings. The molecule has 0 saturated carbocycles. The Hall–Kier alpha value is -1.10. The number of halogens is 1. The monoisotopic (exact) mass is 270 g/mol. The van der Waals surface area contributed by atoms with E-state index >= 15 is 0 Å². The summed E-state index contributed by atoms with van der Waals surface area (Å²) in [5.41, 5.74) is 0. The average molecular weight is 271 g/mol. The average Bonchev–Trinajstić information content (AvgIpc) is 2.62. The predicted octanol–water partition coefficient (Wildman–Crippen LogP) is 1.50. The molecular formula is C10H11BrN2O2. The van der Waals surface area contributed by atoms with Gasteiger partial charge in [-0.05, 0) is 28.4 Å². The van der Waals surface area contributed by atoms with Gasteiger partial charge in [-0.15, -0.1) is 0 Å². The molecule has 5 heteroatoms. The van der Waals surface area contributed by atoms with E-state index in [0.717, 1.165) is 10.9 Å². The minimum Gasteiger partial charge on any atom is -0.490 e. The highest BCUT2D eigenvalue weighted by atomic mass is 79.9. The Morgan fingerprint density at radius 1 is 1.60 bits per heavy atom. The first-order valence-corrected chi connectivity index (χ1v) is 5.56. The third kappa shape index (κ3) is 2.92. The SMILES string of the molecule is O=C1CCC(COc2cncc(Br)c2)N1. The highest BCUT2D eigenvalue weighted by Gasteiger charge is 2.20. The summed E-state index contributed by atoms with van der Waals surface area (Å²) in [5, 5.41) is 2.84. The maximum absolute atomic E-state index is 10.9. The van der Waals surface area contributed by atoms with E-state index in [-0.39, 0.29) is 11.9 Å². The van der Waals surface area contributed by atoms with Gasteiger partial charge in [0, 0.05) is 17.1 Å². The molecule has 1 N–H and O–H groups in total. The van der Waals surface area contributed by atoms with Crippen molar-refractivity contribution in [3.05, 3.63) is 22.9 Å². The number of hydrogen-bond donors (Lipinski definition) is 1. The fraction of sp³-hybridized carbons (Fsp3) is 0.400. The number of nitrogens with zero attached hydrogens (tertiary/aromatic N) is 1. The zero-order valence-corrected chi connectivity index (χ0v) is 9.66. The van der Waals surface area contributed by atoms with Crippen LogP contribution in [0.15, 0.2) is 22.9 Å². The third-order valence-corrected chi connectivity index (χ3v) is 2.65. The van der Waals surface area contributed by atoms with E-state index in [2.05, 4.69) is 26.2 Å². The molecule has 15 heavy (non-hydrogen) atoms. The molecule has 80 valence electrons. The minimum atomic E-state index is 0.107. The number of rotatable bonds is 3. The molecule has 0 spiro atoms. The normalized spacial score (nSPS) is 20.1. The number of nitrogens with one attached hydrogen (secondary N) is 1. The summed E-state index contributed by atoms with van der Waals surface area (Å²) in [6.07, 6.45) is 4.80. The molecule has 2 heterocycles. The van der Waals surface area contributed by atoms with Gasteiger partial charge in [-0.3, -0.25) is 9.78 Å². The summed E-state index contributed by atoms with van der Waals surface area (Å²) in [7, 11) is 0. The van der Waals surface area contributed by atoms with E-state index in [4.69, 9.17) is 4.74 Å². The number of ether oxygens (including phenoxy) is 1. The van der Waals surface area contributed by atoms with Crippen molar-refractivity contribution in [1.29, 1.82) is 0 Å². The Morgan fingerprint density at radius 2 is 2.47 bits per heavy atom. The van der Waals surface area contributed by atoms with E-state index in [0.29, 0.717) is 18.8 Å². The largest absolute Gasteiger partial charge is 0.490 e. The second-order valence-electron chi connectivity index (χ2n) is 3.45. The predicted molar refractivity (Wildman–Crippen MR) is 58.6 cm³/mol. The molecule has 1 aliphatic rings. The Kier molecular flexibility index (Phi) is 3.20. The van der Waals surface area contributed by atoms with Crippen LogP contribution in [0, 0.1) is 0 Å². The number of aromatic nitrogens is 1. The lowest BCUT2D eigenvalue weighted by Crippen LogP contribution is -2.30. The highest BCUT2D eigenvalue weighted by Crippen LogP contribution is 2.16. The Balaban J connectivity index is 1.85. The van der Waals surface area contributed by atoms with E-state index in [1.807, 2.05) is 6.07 Å². The van der Waals surface area contributed by atoms with Crippen molar-refractivity contribution in [3.63, 3.8) is 0 Å². The third-order valence-electron chi connectivity index (χ3n) is 2.22. The Morgan fingerprint density at radius 3 is 3.13 bits per heavy atom. The first-order chi connectivity index (χ1) is 7.24. The van der Waals surface area contributed by atoms with Crippen molar-refractivity contribution in [2.75, 3.05) is 6.61 Å². The number of amides is 1. The second kappa shape index (κ2) is 4.61. The molecule has 2 rings (SSSR count). The van der Waals surface area contributed by atoms with E-state index < -0.39 is 0 Å². The summed E-state index contributed by atoms with van der Waals surface area (Å²) >= 11 is 3.31. The van der Waals surface area contributed by atoms with Crippen molar-refractivity contribution in [1.82, 2.24) is 10.3 Å². The number of carbonyl (C=O) groups is 1. The van der Waals surface area contributed by atoms with Crippen LogP contribution in [-0.4, -0.2) is 23.5 Å². The van der Waals surface area contributed by atoms with Crippen molar-refractivity contribution < 1.29 is 9.53 Å². The lowest BCUT2D eigenvalue weighted by Gasteiger charge is -2.11. The van der Waals surface area contributed by atoms with Gasteiger partial charge in [0.15, 0.2) is 0 Å².